The summed E-state index contributed by atoms with van der Waals surface area (Å²) in [6, 6.07) is 11.0. The molecule has 2 aromatic rings. The maximum atomic E-state index is 12.8. The van der Waals surface area contributed by atoms with E-state index in [-0.39, 0.29) is 17.0 Å². The highest BCUT2D eigenvalue weighted by molar-refractivity contribution is 9.10. The first-order chi connectivity index (χ1) is 11.3. The highest BCUT2D eigenvalue weighted by Crippen LogP contribution is 2.24. The first-order valence-corrected chi connectivity index (χ1v) is 9.51. The lowest BCUT2D eigenvalue weighted by Gasteiger charge is -2.21. The van der Waals surface area contributed by atoms with Crippen molar-refractivity contribution in [3.8, 4) is 5.75 Å². The Morgan fingerprint density at radius 3 is 2.29 bits per heavy atom. The summed E-state index contributed by atoms with van der Waals surface area (Å²) in [6.07, 6.45) is 0. The lowest BCUT2D eigenvalue weighted by Crippen LogP contribution is -2.36. The summed E-state index contributed by atoms with van der Waals surface area (Å²) in [5, 5.41) is 0. The van der Waals surface area contributed by atoms with Crippen LogP contribution in [0.25, 0.3) is 0 Å². The molecule has 0 bridgehead atoms. The number of carbonyl (C=O) groups excluding carboxylic acids is 1. The Kier molecular flexibility index (Phi) is 5.66. The second kappa shape index (κ2) is 7.36. The fourth-order valence-corrected chi connectivity index (χ4v) is 3.94. The molecule has 0 fully saturated rings. The zero-order valence-electron chi connectivity index (χ0n) is 13.6. The predicted molar refractivity (Wildman–Crippen MR) is 95.8 cm³/mol. The molecule has 0 N–H and O–H groups in total. The Balaban J connectivity index is 2.40. The van der Waals surface area contributed by atoms with Crippen molar-refractivity contribution in [2.45, 2.75) is 18.7 Å². The van der Waals surface area contributed by atoms with E-state index in [1.807, 2.05) is 0 Å². The number of benzene rings is 2. The number of carbonyl (C=O) groups is 1. The molecule has 7 heteroatoms. The van der Waals surface area contributed by atoms with Crippen LogP contribution >= 0.6 is 15.9 Å². The quantitative estimate of drug-likeness (QED) is 0.753. The summed E-state index contributed by atoms with van der Waals surface area (Å²) in [5.74, 6) is 0.0294. The summed E-state index contributed by atoms with van der Waals surface area (Å²) in [5.41, 5.74) is 1.07. The number of rotatable bonds is 5. The minimum atomic E-state index is -3.92. The zero-order chi connectivity index (χ0) is 17.9. The number of ether oxygens (including phenoxy) is 1. The van der Waals surface area contributed by atoms with Gasteiger partial charge in [-0.25, -0.2) is 12.7 Å². The zero-order valence-corrected chi connectivity index (χ0v) is 16.0. The van der Waals surface area contributed by atoms with Gasteiger partial charge < -0.3 is 4.74 Å². The molecule has 0 aliphatic rings. The van der Waals surface area contributed by atoms with Crippen molar-refractivity contribution in [3.63, 3.8) is 0 Å². The first-order valence-electron chi connectivity index (χ1n) is 7.28. The summed E-state index contributed by atoms with van der Waals surface area (Å²) in [4.78, 5) is 12.7. The lowest BCUT2D eigenvalue weighted by molar-refractivity contribution is 0.0866. The van der Waals surface area contributed by atoms with Gasteiger partial charge in [-0.05, 0) is 61.9 Å². The average molecular weight is 412 g/mol. The molecule has 2 rings (SSSR count). The van der Waals surface area contributed by atoms with Gasteiger partial charge in [0.1, 0.15) is 5.75 Å². The summed E-state index contributed by atoms with van der Waals surface area (Å²) < 4.78 is 32.4. The van der Waals surface area contributed by atoms with E-state index in [2.05, 4.69) is 15.9 Å². The van der Waals surface area contributed by atoms with E-state index < -0.39 is 15.9 Å². The number of methoxy groups -OCH3 is 1. The molecule has 2 aromatic carbocycles. The van der Waals surface area contributed by atoms with Gasteiger partial charge in [0, 0.05) is 16.6 Å². The number of amides is 1. The van der Waals surface area contributed by atoms with Crippen molar-refractivity contribution < 1.29 is 17.9 Å². The van der Waals surface area contributed by atoms with Crippen molar-refractivity contribution in [2.75, 3.05) is 13.7 Å². The minimum Gasteiger partial charge on any atom is -0.497 e. The lowest BCUT2D eigenvalue weighted by atomic mass is 10.2. The van der Waals surface area contributed by atoms with Gasteiger partial charge in [0.15, 0.2) is 0 Å². The van der Waals surface area contributed by atoms with Crippen LogP contribution in [0.15, 0.2) is 51.8 Å². The Morgan fingerprint density at radius 2 is 1.79 bits per heavy atom. The number of nitrogens with zero attached hydrogens (tertiary/aromatic N) is 1. The topological polar surface area (TPSA) is 63.7 Å². The second-order valence-electron chi connectivity index (χ2n) is 5.11. The summed E-state index contributed by atoms with van der Waals surface area (Å²) >= 11 is 3.34. The van der Waals surface area contributed by atoms with Gasteiger partial charge in [0.25, 0.3) is 15.9 Å². The largest absolute Gasteiger partial charge is 0.497 e. The van der Waals surface area contributed by atoms with Crippen LogP contribution < -0.4 is 4.74 Å². The molecule has 0 aliphatic carbocycles. The van der Waals surface area contributed by atoms with E-state index >= 15 is 0 Å². The molecular formula is C17H18BrNO4S. The SMILES string of the molecule is CCN(C(=O)c1ccc(OC)cc1)S(=O)(=O)c1ccc(Br)c(C)c1. The van der Waals surface area contributed by atoms with Crippen molar-refractivity contribution in [2.24, 2.45) is 0 Å². The molecule has 128 valence electrons. The monoisotopic (exact) mass is 411 g/mol. The molecule has 1 amide bonds. The Bertz CT molecular complexity index is 847. The van der Waals surface area contributed by atoms with Gasteiger partial charge in [-0.15, -0.1) is 0 Å². The van der Waals surface area contributed by atoms with E-state index in [1.165, 1.54) is 13.2 Å². The molecule has 0 atom stereocenters. The molecule has 0 saturated carbocycles. The van der Waals surface area contributed by atoms with Crippen LogP contribution in [0.3, 0.4) is 0 Å². The maximum Gasteiger partial charge on any atom is 0.267 e. The summed E-state index contributed by atoms with van der Waals surface area (Å²) in [6.45, 7) is 3.47. The minimum absolute atomic E-state index is 0.0440. The van der Waals surface area contributed by atoms with Crippen LogP contribution in [0.1, 0.15) is 22.8 Å². The van der Waals surface area contributed by atoms with Crippen molar-refractivity contribution in [3.05, 3.63) is 58.1 Å². The summed E-state index contributed by atoms with van der Waals surface area (Å²) in [7, 11) is -2.40. The number of aryl methyl sites for hydroxylation is 1. The Hall–Kier alpha value is -1.86. The van der Waals surface area contributed by atoms with E-state index in [0.717, 1.165) is 14.3 Å². The third kappa shape index (κ3) is 3.62. The van der Waals surface area contributed by atoms with Crippen LogP contribution in [-0.2, 0) is 10.0 Å². The maximum absolute atomic E-state index is 12.8. The molecule has 0 heterocycles. The van der Waals surface area contributed by atoms with Crippen LogP contribution in [0.2, 0.25) is 0 Å². The molecule has 0 saturated heterocycles. The van der Waals surface area contributed by atoms with Crippen LogP contribution in [0.4, 0.5) is 0 Å². The predicted octanol–water partition coefficient (Wildman–Crippen LogP) is 3.62. The van der Waals surface area contributed by atoms with Gasteiger partial charge in [-0.3, -0.25) is 4.79 Å². The van der Waals surface area contributed by atoms with E-state index in [1.54, 1.807) is 50.2 Å². The van der Waals surface area contributed by atoms with E-state index in [4.69, 9.17) is 4.74 Å². The molecule has 0 spiro atoms. The van der Waals surface area contributed by atoms with Crippen molar-refractivity contribution >= 4 is 31.9 Å². The highest BCUT2D eigenvalue weighted by atomic mass is 79.9. The van der Waals surface area contributed by atoms with Gasteiger partial charge in [0.05, 0.1) is 12.0 Å². The second-order valence-corrected chi connectivity index (χ2v) is 7.83. The fourth-order valence-electron chi connectivity index (χ4n) is 2.21. The smallest absolute Gasteiger partial charge is 0.267 e. The Labute approximate surface area is 150 Å². The standard InChI is InChI=1S/C17H18BrNO4S/c1-4-19(17(20)13-5-7-14(23-3)8-6-13)24(21,22)15-9-10-16(18)12(2)11-15/h5-11H,4H2,1-3H3. The molecule has 24 heavy (non-hydrogen) atoms. The van der Waals surface area contributed by atoms with Crippen molar-refractivity contribution in [1.82, 2.24) is 4.31 Å². The molecular weight excluding hydrogens is 394 g/mol. The fraction of sp³-hybridized carbons (Fsp3) is 0.235. The molecule has 0 aromatic heterocycles. The van der Waals surface area contributed by atoms with Crippen LogP contribution in [-0.4, -0.2) is 32.3 Å². The van der Waals surface area contributed by atoms with Crippen LogP contribution in [0.5, 0.6) is 5.75 Å². The van der Waals surface area contributed by atoms with Gasteiger partial charge >= 0.3 is 0 Å². The van der Waals surface area contributed by atoms with E-state index in [9.17, 15) is 13.2 Å². The van der Waals surface area contributed by atoms with Gasteiger partial charge in [-0.1, -0.05) is 15.9 Å². The number of halogens is 1. The normalized spacial score (nSPS) is 11.2. The van der Waals surface area contributed by atoms with Crippen molar-refractivity contribution in [1.29, 1.82) is 0 Å². The third-order valence-electron chi connectivity index (χ3n) is 3.57. The molecule has 0 radical (unpaired) electrons. The molecule has 0 aliphatic heterocycles. The number of hydrogen-bond acceptors (Lipinski definition) is 4. The Morgan fingerprint density at radius 1 is 1.17 bits per heavy atom. The number of sulfonamides is 1. The molecule has 5 nitrogen and oxygen atoms in total. The highest BCUT2D eigenvalue weighted by Gasteiger charge is 2.29. The first kappa shape index (κ1) is 18.5. The van der Waals surface area contributed by atoms with Crippen LogP contribution in [0, 0.1) is 6.92 Å². The average Bonchev–Trinajstić information content (AvgIpc) is 2.57. The third-order valence-corrected chi connectivity index (χ3v) is 6.31. The van der Waals surface area contributed by atoms with E-state index in [0.29, 0.717) is 5.75 Å². The molecule has 0 unspecified atom stereocenters. The number of hydrogen-bond donors (Lipinski definition) is 0. The van der Waals surface area contributed by atoms with Gasteiger partial charge in [-0.2, -0.15) is 0 Å². The van der Waals surface area contributed by atoms with Gasteiger partial charge in [0.2, 0.25) is 0 Å².